The summed E-state index contributed by atoms with van der Waals surface area (Å²) >= 11 is 0. The molecule has 9 nitrogen and oxygen atoms in total. The summed E-state index contributed by atoms with van der Waals surface area (Å²) in [6, 6.07) is 5.74. The van der Waals surface area contributed by atoms with Crippen molar-refractivity contribution in [3.8, 4) is 11.5 Å². The Morgan fingerprint density at radius 2 is 1.78 bits per heavy atom. The van der Waals surface area contributed by atoms with Crippen molar-refractivity contribution in [2.75, 3.05) is 26.4 Å². The van der Waals surface area contributed by atoms with Crippen LogP contribution in [-0.2, 0) is 16.1 Å². The van der Waals surface area contributed by atoms with E-state index in [-0.39, 0.29) is 30.6 Å². The summed E-state index contributed by atoms with van der Waals surface area (Å²) in [7, 11) is 0. The van der Waals surface area contributed by atoms with Gasteiger partial charge in [0.2, 0.25) is 0 Å². The lowest BCUT2D eigenvalue weighted by Gasteiger charge is -2.45. The summed E-state index contributed by atoms with van der Waals surface area (Å²) in [6.07, 6.45) is 9.33. The summed E-state index contributed by atoms with van der Waals surface area (Å²) in [5.74, 6) is 2.50. The molecule has 4 aliphatic rings. The predicted molar refractivity (Wildman–Crippen MR) is 194 cm³/mol. The van der Waals surface area contributed by atoms with Gasteiger partial charge in [-0.1, -0.05) is 38.2 Å². The van der Waals surface area contributed by atoms with Gasteiger partial charge in [0.15, 0.2) is 0 Å². The van der Waals surface area contributed by atoms with E-state index in [2.05, 4.69) is 32.6 Å². The molecular formula is C41H61NO8. The van der Waals surface area contributed by atoms with E-state index in [9.17, 15) is 20.1 Å². The monoisotopic (exact) mass is 695 g/mol. The maximum absolute atomic E-state index is 13.6. The van der Waals surface area contributed by atoms with E-state index in [1.807, 2.05) is 36.9 Å². The lowest BCUT2D eigenvalue weighted by molar-refractivity contribution is -0.142. The molecule has 1 heterocycles. The quantitative estimate of drug-likeness (QED) is 0.178. The fourth-order valence-corrected chi connectivity index (χ4v) is 9.71. The number of likely N-dealkylation sites (tertiary alicyclic amines) is 1. The van der Waals surface area contributed by atoms with Gasteiger partial charge in [0, 0.05) is 44.7 Å². The number of allylic oxidation sites excluding steroid dienone is 3. The van der Waals surface area contributed by atoms with Crippen molar-refractivity contribution in [3.05, 3.63) is 59.2 Å². The van der Waals surface area contributed by atoms with Crippen LogP contribution in [0.15, 0.2) is 53.6 Å². The number of aliphatic hydroxyl groups is 4. The molecule has 50 heavy (non-hydrogen) atoms. The second kappa shape index (κ2) is 16.3. The molecule has 0 spiro atoms. The van der Waals surface area contributed by atoms with Crippen LogP contribution in [0.5, 0.6) is 11.5 Å². The molecule has 9 atom stereocenters. The van der Waals surface area contributed by atoms with E-state index in [0.717, 1.165) is 49.7 Å². The Balaban J connectivity index is 1.29. The molecule has 2 unspecified atom stereocenters. The predicted octanol–water partition coefficient (Wildman–Crippen LogP) is 5.88. The number of hydrogen-bond acceptors (Lipinski definition) is 8. The molecule has 0 bridgehead atoms. The van der Waals surface area contributed by atoms with Crippen LogP contribution >= 0.6 is 0 Å². The third-order valence-corrected chi connectivity index (χ3v) is 12.1. The summed E-state index contributed by atoms with van der Waals surface area (Å²) in [4.78, 5) is 15.5. The van der Waals surface area contributed by atoms with Crippen molar-refractivity contribution in [3.63, 3.8) is 0 Å². The fraction of sp³-hybridized carbons (Fsp3) is 0.683. The number of nitrogens with zero attached hydrogens (tertiary/aromatic N) is 1. The molecule has 4 N–H and O–H groups in total. The summed E-state index contributed by atoms with van der Waals surface area (Å²) in [5.41, 5.74) is 2.54. The number of hydrogen-bond donors (Lipinski definition) is 4. The SMILES string of the molecule is C=C1/C(=C\C=C2/CCC[C@]3(C)[C@@H]([C@H](C)CC4CC(C)(O)C(=O)N4Cc4cc(OCC)cc(OCC)c4)CC[C@@H]23)C[C@@H](O)[C@H](OCCCO)[C@@H]1O. The second-order valence-electron chi connectivity index (χ2n) is 15.6. The molecule has 0 aromatic heterocycles. The minimum absolute atomic E-state index is 0.000482. The lowest BCUT2D eigenvalue weighted by Crippen LogP contribution is -2.45. The van der Waals surface area contributed by atoms with E-state index < -0.39 is 23.9 Å². The largest absolute Gasteiger partial charge is 0.494 e. The highest BCUT2D eigenvalue weighted by molar-refractivity contribution is 5.87. The smallest absolute Gasteiger partial charge is 0.254 e. The Bertz CT molecular complexity index is 1390. The topological polar surface area (TPSA) is 129 Å². The first-order valence-electron chi connectivity index (χ1n) is 18.9. The summed E-state index contributed by atoms with van der Waals surface area (Å²) < 4.78 is 17.3. The summed E-state index contributed by atoms with van der Waals surface area (Å²) in [6.45, 7) is 16.2. The Hall–Kier alpha value is -2.69. The standard InChI is InChI=1S/C41H61NO8/c1-7-48-32-20-28(21-33(23-32)49-8-2)25-42-31(24-41(6,47)39(42)46)19-26(3)34-14-15-35-29(11-9-16-40(34,35)5)12-13-30-22-36(44)38(37(45)27(30)4)50-18-10-17-43/h12-13,20-21,23,26,31,34-38,43-45,47H,4,7-11,14-19,22,24-25H2,1-3,5-6H3/b29-12+,30-13-/t26-,31?,34-,35+,36-,37-,38+,40-,41?/m1/s1. The molecule has 1 aromatic carbocycles. The lowest BCUT2D eigenvalue weighted by atomic mass is 9.60. The van der Waals surface area contributed by atoms with Crippen molar-refractivity contribution in [2.24, 2.45) is 23.2 Å². The number of benzene rings is 1. The average Bonchev–Trinajstić information content (AvgIpc) is 3.52. The molecule has 3 aliphatic carbocycles. The van der Waals surface area contributed by atoms with Gasteiger partial charge < -0.3 is 39.5 Å². The van der Waals surface area contributed by atoms with Gasteiger partial charge in [-0.05, 0) is 118 Å². The van der Waals surface area contributed by atoms with E-state index in [1.165, 1.54) is 5.57 Å². The number of rotatable bonds is 14. The first-order chi connectivity index (χ1) is 23.8. The third-order valence-electron chi connectivity index (χ3n) is 12.1. The second-order valence-corrected chi connectivity index (χ2v) is 15.6. The molecule has 4 fully saturated rings. The normalized spacial score (nSPS) is 35.2. The molecule has 1 amide bonds. The molecule has 278 valence electrons. The van der Waals surface area contributed by atoms with Crippen LogP contribution in [-0.4, -0.2) is 87.6 Å². The van der Waals surface area contributed by atoms with Crippen molar-refractivity contribution in [1.82, 2.24) is 4.90 Å². The van der Waals surface area contributed by atoms with Gasteiger partial charge in [-0.15, -0.1) is 0 Å². The molecule has 1 aromatic rings. The third kappa shape index (κ3) is 8.18. The van der Waals surface area contributed by atoms with Gasteiger partial charge >= 0.3 is 0 Å². The average molecular weight is 696 g/mol. The zero-order valence-electron chi connectivity index (χ0n) is 30.9. The van der Waals surface area contributed by atoms with Crippen LogP contribution in [0, 0.1) is 23.2 Å². The van der Waals surface area contributed by atoms with Gasteiger partial charge in [-0.25, -0.2) is 0 Å². The van der Waals surface area contributed by atoms with Crippen molar-refractivity contribution < 1.29 is 39.4 Å². The molecular weight excluding hydrogens is 634 g/mol. The van der Waals surface area contributed by atoms with Gasteiger partial charge in [0.05, 0.1) is 19.3 Å². The van der Waals surface area contributed by atoms with Crippen LogP contribution in [0.2, 0.25) is 0 Å². The van der Waals surface area contributed by atoms with Crippen molar-refractivity contribution in [1.29, 1.82) is 0 Å². The zero-order chi connectivity index (χ0) is 36.2. The number of carbonyl (C=O) groups excluding carboxylic acids is 1. The number of carbonyl (C=O) groups is 1. The zero-order valence-corrected chi connectivity index (χ0v) is 30.9. The van der Waals surface area contributed by atoms with Crippen LogP contribution in [0.1, 0.15) is 98.0 Å². The van der Waals surface area contributed by atoms with Gasteiger partial charge in [0.1, 0.15) is 29.3 Å². The van der Waals surface area contributed by atoms with Crippen LogP contribution in [0.25, 0.3) is 0 Å². The van der Waals surface area contributed by atoms with Gasteiger partial charge in [-0.3, -0.25) is 4.79 Å². The Kier molecular flexibility index (Phi) is 12.6. The first-order valence-corrected chi connectivity index (χ1v) is 18.9. The van der Waals surface area contributed by atoms with Gasteiger partial charge in [-0.2, -0.15) is 0 Å². The molecule has 9 heteroatoms. The van der Waals surface area contributed by atoms with E-state index >= 15 is 0 Å². The van der Waals surface area contributed by atoms with E-state index in [0.29, 0.717) is 73.8 Å². The maximum Gasteiger partial charge on any atom is 0.254 e. The fourth-order valence-electron chi connectivity index (χ4n) is 9.71. The highest BCUT2D eigenvalue weighted by Crippen LogP contribution is 2.60. The molecule has 5 rings (SSSR count). The van der Waals surface area contributed by atoms with E-state index in [1.54, 1.807) is 6.92 Å². The number of aliphatic hydroxyl groups excluding tert-OH is 3. The Morgan fingerprint density at radius 3 is 2.44 bits per heavy atom. The minimum atomic E-state index is -1.39. The molecule has 1 saturated heterocycles. The highest BCUT2D eigenvalue weighted by atomic mass is 16.5. The molecule has 1 aliphatic heterocycles. The van der Waals surface area contributed by atoms with Crippen LogP contribution in [0.3, 0.4) is 0 Å². The van der Waals surface area contributed by atoms with Crippen molar-refractivity contribution >= 4 is 5.91 Å². The van der Waals surface area contributed by atoms with Gasteiger partial charge in [0.25, 0.3) is 5.91 Å². The number of amides is 1. The highest BCUT2D eigenvalue weighted by Gasteiger charge is 2.53. The maximum atomic E-state index is 13.6. The van der Waals surface area contributed by atoms with Crippen LogP contribution in [0.4, 0.5) is 0 Å². The van der Waals surface area contributed by atoms with Crippen molar-refractivity contribution in [2.45, 2.75) is 129 Å². The number of fused-ring (bicyclic) bond motifs is 1. The molecule has 3 saturated carbocycles. The molecule has 0 radical (unpaired) electrons. The van der Waals surface area contributed by atoms with Crippen LogP contribution < -0.4 is 9.47 Å². The first kappa shape index (κ1) is 38.5. The number of ether oxygens (including phenoxy) is 3. The Labute approximate surface area is 299 Å². The van der Waals surface area contributed by atoms with E-state index in [4.69, 9.17) is 19.3 Å². The summed E-state index contributed by atoms with van der Waals surface area (Å²) in [5, 5.41) is 41.9. The Morgan fingerprint density at radius 1 is 1.08 bits per heavy atom. The minimum Gasteiger partial charge on any atom is -0.494 e.